The van der Waals surface area contributed by atoms with Gasteiger partial charge in [-0.05, 0) is 30.3 Å². The fraction of sp³-hybridized carbons (Fsp3) is 0.0714. The average molecular weight is 279 g/mol. The van der Waals surface area contributed by atoms with E-state index in [2.05, 4.69) is 0 Å². The van der Waals surface area contributed by atoms with Crippen LogP contribution < -0.4 is 10.6 Å². The molecule has 0 aromatic heterocycles. The molecule has 2 N–H and O–H groups in total. The molecule has 2 aromatic rings. The zero-order valence-corrected chi connectivity index (χ0v) is 11.0. The first kappa shape index (κ1) is 13.4. The number of nitrogens with two attached hydrogens (primary N) is 1. The Balaban J connectivity index is 2.34. The molecule has 0 heterocycles. The van der Waals surface area contributed by atoms with Gasteiger partial charge >= 0.3 is 0 Å². The number of nitrogen functional groups attached to an aromatic ring is 1. The normalized spacial score (nSPS) is 10.3. The predicted molar refractivity (Wildman–Crippen MR) is 75.0 cm³/mol. The summed E-state index contributed by atoms with van der Waals surface area (Å²) in [6.45, 7) is 0. The summed E-state index contributed by atoms with van der Waals surface area (Å²) in [5.74, 6) is -0.811. The summed E-state index contributed by atoms with van der Waals surface area (Å²) in [5, 5.41) is 0.380. The quantitative estimate of drug-likeness (QED) is 0.857. The van der Waals surface area contributed by atoms with Crippen molar-refractivity contribution in [2.75, 3.05) is 17.7 Å². The van der Waals surface area contributed by atoms with E-state index in [0.29, 0.717) is 16.3 Å². The van der Waals surface area contributed by atoms with E-state index in [1.54, 1.807) is 24.3 Å². The number of carbonyl (C=O) groups is 1. The molecule has 1 amide bonds. The number of anilines is 2. The Morgan fingerprint density at radius 2 is 1.95 bits per heavy atom. The van der Waals surface area contributed by atoms with E-state index in [4.69, 9.17) is 17.3 Å². The molecule has 98 valence electrons. The molecular weight excluding hydrogens is 267 g/mol. The van der Waals surface area contributed by atoms with Gasteiger partial charge < -0.3 is 10.6 Å². The fourth-order valence-corrected chi connectivity index (χ4v) is 1.82. The van der Waals surface area contributed by atoms with E-state index in [1.807, 2.05) is 0 Å². The third-order valence-electron chi connectivity index (χ3n) is 2.76. The highest BCUT2D eigenvalue weighted by molar-refractivity contribution is 6.33. The summed E-state index contributed by atoms with van der Waals surface area (Å²) in [6, 6.07) is 10.6. The molecule has 0 radical (unpaired) electrons. The van der Waals surface area contributed by atoms with Crippen LogP contribution in [-0.2, 0) is 0 Å². The van der Waals surface area contributed by atoms with Gasteiger partial charge in [-0.1, -0.05) is 23.7 Å². The molecule has 2 rings (SSSR count). The molecule has 2 aromatic carbocycles. The van der Waals surface area contributed by atoms with Crippen molar-refractivity contribution in [3.63, 3.8) is 0 Å². The molecule has 0 saturated heterocycles. The molecule has 19 heavy (non-hydrogen) atoms. The van der Waals surface area contributed by atoms with Gasteiger partial charge in [0.15, 0.2) is 0 Å². The smallest absolute Gasteiger partial charge is 0.258 e. The lowest BCUT2D eigenvalue weighted by atomic mass is 10.1. The van der Waals surface area contributed by atoms with Gasteiger partial charge in [-0.2, -0.15) is 0 Å². The monoisotopic (exact) mass is 278 g/mol. The van der Waals surface area contributed by atoms with Crippen molar-refractivity contribution in [2.24, 2.45) is 0 Å². The van der Waals surface area contributed by atoms with Crippen LogP contribution in [0.25, 0.3) is 0 Å². The number of hydrogen-bond donors (Lipinski definition) is 1. The summed E-state index contributed by atoms with van der Waals surface area (Å²) >= 11 is 5.80. The second-order valence-electron chi connectivity index (χ2n) is 4.05. The van der Waals surface area contributed by atoms with Crippen LogP contribution in [-0.4, -0.2) is 13.0 Å². The highest BCUT2D eigenvalue weighted by Gasteiger charge is 2.16. The minimum absolute atomic E-state index is 0.209. The largest absolute Gasteiger partial charge is 0.398 e. The number of benzene rings is 2. The Morgan fingerprint density at radius 3 is 2.58 bits per heavy atom. The first-order valence-corrected chi connectivity index (χ1v) is 5.96. The summed E-state index contributed by atoms with van der Waals surface area (Å²) in [5.41, 5.74) is 6.53. The Hall–Kier alpha value is -2.07. The molecule has 0 spiro atoms. The molecule has 0 fully saturated rings. The molecule has 0 aliphatic heterocycles. The van der Waals surface area contributed by atoms with E-state index in [9.17, 15) is 9.18 Å². The highest BCUT2D eigenvalue weighted by Crippen LogP contribution is 2.23. The number of para-hydroxylation sites is 1. The van der Waals surface area contributed by atoms with Crippen LogP contribution in [0.1, 0.15) is 10.4 Å². The summed E-state index contributed by atoms with van der Waals surface area (Å²) in [4.78, 5) is 13.5. The zero-order chi connectivity index (χ0) is 14.0. The van der Waals surface area contributed by atoms with E-state index in [1.165, 1.54) is 30.1 Å². The maximum atomic E-state index is 13.6. The van der Waals surface area contributed by atoms with E-state index >= 15 is 0 Å². The lowest BCUT2D eigenvalue weighted by Gasteiger charge is -2.18. The summed E-state index contributed by atoms with van der Waals surface area (Å²) < 4.78 is 13.6. The number of carbonyl (C=O) groups excluding carboxylic acids is 1. The van der Waals surface area contributed by atoms with Gasteiger partial charge in [0.05, 0.1) is 16.4 Å². The number of rotatable bonds is 2. The fourth-order valence-electron chi connectivity index (χ4n) is 1.70. The van der Waals surface area contributed by atoms with Gasteiger partial charge in [0.2, 0.25) is 0 Å². The van der Waals surface area contributed by atoms with Gasteiger partial charge in [0, 0.05) is 12.6 Å². The number of amides is 1. The van der Waals surface area contributed by atoms with Crippen LogP contribution in [0.5, 0.6) is 0 Å². The second kappa shape index (κ2) is 5.28. The highest BCUT2D eigenvalue weighted by atomic mass is 35.5. The second-order valence-corrected chi connectivity index (χ2v) is 4.46. The minimum atomic E-state index is -0.458. The molecule has 0 saturated carbocycles. The van der Waals surface area contributed by atoms with Crippen molar-refractivity contribution in [1.29, 1.82) is 0 Å². The third kappa shape index (κ3) is 2.69. The van der Waals surface area contributed by atoms with Crippen LogP contribution in [0.15, 0.2) is 42.5 Å². The first-order valence-electron chi connectivity index (χ1n) is 5.58. The van der Waals surface area contributed by atoms with Crippen LogP contribution in [0.4, 0.5) is 15.8 Å². The number of nitrogens with zero attached hydrogens (tertiary/aromatic N) is 1. The Labute approximate surface area is 115 Å². The molecule has 0 aliphatic carbocycles. The summed E-state index contributed by atoms with van der Waals surface area (Å²) in [7, 11) is 1.51. The van der Waals surface area contributed by atoms with Crippen molar-refractivity contribution in [2.45, 2.75) is 0 Å². The Kier molecular flexibility index (Phi) is 3.71. The maximum absolute atomic E-state index is 13.6. The molecule has 0 bridgehead atoms. The van der Waals surface area contributed by atoms with E-state index in [-0.39, 0.29) is 11.6 Å². The molecular formula is C14H12ClFN2O. The van der Waals surface area contributed by atoms with Crippen LogP contribution in [0.2, 0.25) is 5.02 Å². The van der Waals surface area contributed by atoms with Gasteiger partial charge in [0.25, 0.3) is 5.91 Å². The molecule has 5 heteroatoms. The van der Waals surface area contributed by atoms with Gasteiger partial charge in [-0.25, -0.2) is 4.39 Å². The van der Waals surface area contributed by atoms with Crippen molar-refractivity contribution < 1.29 is 9.18 Å². The van der Waals surface area contributed by atoms with Crippen LogP contribution in [0, 0.1) is 5.82 Å². The van der Waals surface area contributed by atoms with Gasteiger partial charge in [0.1, 0.15) is 5.82 Å². The van der Waals surface area contributed by atoms with Crippen molar-refractivity contribution in [3.05, 3.63) is 58.9 Å². The van der Waals surface area contributed by atoms with Crippen molar-refractivity contribution >= 4 is 28.9 Å². The topological polar surface area (TPSA) is 46.3 Å². The van der Waals surface area contributed by atoms with E-state index < -0.39 is 5.82 Å². The standard InChI is InChI=1S/C14H12ClFN2O/c1-18(13-5-3-2-4-11(13)16)14(19)9-6-7-10(15)12(17)8-9/h2-8H,17H2,1H3. The average Bonchev–Trinajstić information content (AvgIpc) is 2.41. The molecule has 0 aliphatic rings. The van der Waals surface area contributed by atoms with E-state index in [0.717, 1.165) is 0 Å². The van der Waals surface area contributed by atoms with Gasteiger partial charge in [-0.15, -0.1) is 0 Å². The SMILES string of the molecule is CN(C(=O)c1ccc(Cl)c(N)c1)c1ccccc1F. The lowest BCUT2D eigenvalue weighted by molar-refractivity contribution is 0.0992. The zero-order valence-electron chi connectivity index (χ0n) is 10.2. The van der Waals surface area contributed by atoms with Crippen LogP contribution >= 0.6 is 11.6 Å². The Bertz CT molecular complexity index is 631. The van der Waals surface area contributed by atoms with Gasteiger partial charge in [-0.3, -0.25) is 4.79 Å². The lowest BCUT2D eigenvalue weighted by Crippen LogP contribution is -2.27. The third-order valence-corrected chi connectivity index (χ3v) is 3.11. The molecule has 3 nitrogen and oxygen atoms in total. The first-order chi connectivity index (χ1) is 9.00. The summed E-state index contributed by atoms with van der Waals surface area (Å²) in [6.07, 6.45) is 0. The Morgan fingerprint density at radius 1 is 1.26 bits per heavy atom. The number of hydrogen-bond acceptors (Lipinski definition) is 2. The van der Waals surface area contributed by atoms with Crippen molar-refractivity contribution in [3.8, 4) is 0 Å². The minimum Gasteiger partial charge on any atom is -0.398 e. The maximum Gasteiger partial charge on any atom is 0.258 e. The molecule has 0 unspecified atom stereocenters. The molecule has 0 atom stereocenters. The van der Waals surface area contributed by atoms with Crippen LogP contribution in [0.3, 0.4) is 0 Å². The predicted octanol–water partition coefficient (Wildman–Crippen LogP) is 3.34. The number of halogens is 2. The van der Waals surface area contributed by atoms with Crippen molar-refractivity contribution in [1.82, 2.24) is 0 Å².